The molecular weight excluding hydrogens is 258 g/mol. The Morgan fingerprint density at radius 1 is 0.833 bits per heavy atom. The molecule has 0 spiro atoms. The van der Waals surface area contributed by atoms with Crippen LogP contribution in [-0.4, -0.2) is 4.57 Å². The van der Waals surface area contributed by atoms with E-state index in [1.807, 2.05) is 0 Å². The van der Waals surface area contributed by atoms with Gasteiger partial charge >= 0.3 is 0 Å². The molecule has 0 fully saturated rings. The van der Waals surface area contributed by atoms with E-state index in [2.05, 4.69) is 60.5 Å². The number of hydrogen-bond donors (Lipinski definition) is 0. The largest absolute Gasteiger partial charge is 0.342 e. The van der Waals surface area contributed by atoms with Crippen LogP contribution in [0.1, 0.15) is 11.1 Å². The molecule has 0 bridgehead atoms. The molecule has 0 saturated carbocycles. The maximum Gasteiger partial charge on any atom is 0.0616 e. The predicted octanol–water partition coefficient (Wildman–Crippen LogP) is 5.10. The Morgan fingerprint density at radius 2 is 1.28 bits per heavy atom. The van der Waals surface area contributed by atoms with Crippen LogP contribution in [0.2, 0.25) is 0 Å². The highest BCUT2D eigenvalue weighted by Gasteiger charge is 2.18. The second kappa shape index (κ2) is 4.41. The summed E-state index contributed by atoms with van der Waals surface area (Å²) in [5.41, 5.74) is 5.49. The quantitative estimate of drug-likeness (QED) is 0.612. The highest BCUT2D eigenvalue weighted by molar-refractivity contribution is 7.14. The second-order valence-corrected chi connectivity index (χ2v) is 6.36. The van der Waals surface area contributed by atoms with Gasteiger partial charge in [0.25, 0.3) is 0 Å². The summed E-state index contributed by atoms with van der Waals surface area (Å²) in [5.74, 6) is 0. The van der Waals surface area contributed by atoms with Crippen LogP contribution in [0.25, 0.3) is 21.1 Å². The zero-order valence-corrected chi connectivity index (χ0v) is 12.4. The van der Waals surface area contributed by atoms with Crippen molar-refractivity contribution in [2.45, 2.75) is 13.8 Å². The molecule has 0 aliphatic rings. The fraction of sp³-hybridized carbons (Fsp3) is 0.200. The molecule has 0 radical (unpaired) electrons. The molecule has 0 amide bonds. The molecular formula is C15H15NS2. The fourth-order valence-electron chi connectivity index (χ4n) is 2.50. The smallest absolute Gasteiger partial charge is 0.0616 e. The average Bonchev–Trinajstić information content (AvgIpc) is 3.03. The van der Waals surface area contributed by atoms with Crippen LogP contribution in [0.3, 0.4) is 0 Å². The van der Waals surface area contributed by atoms with Gasteiger partial charge in [0.05, 0.1) is 21.1 Å². The number of hydrogen-bond acceptors (Lipinski definition) is 2. The van der Waals surface area contributed by atoms with E-state index in [4.69, 9.17) is 0 Å². The Balaban J connectivity index is 2.28. The van der Waals surface area contributed by atoms with E-state index in [0.29, 0.717) is 0 Å². The lowest BCUT2D eigenvalue weighted by molar-refractivity contribution is 0.946. The van der Waals surface area contributed by atoms with Crippen molar-refractivity contribution in [2.24, 2.45) is 7.05 Å². The van der Waals surface area contributed by atoms with E-state index in [9.17, 15) is 0 Å². The minimum absolute atomic E-state index is 1.35. The third kappa shape index (κ3) is 1.66. The molecule has 0 aromatic carbocycles. The molecule has 0 N–H and O–H groups in total. The first kappa shape index (κ1) is 11.8. The molecule has 18 heavy (non-hydrogen) atoms. The Bertz CT molecular complexity index is 600. The van der Waals surface area contributed by atoms with Gasteiger partial charge in [-0.15, -0.1) is 22.7 Å². The van der Waals surface area contributed by atoms with E-state index in [-0.39, 0.29) is 0 Å². The number of rotatable bonds is 2. The summed E-state index contributed by atoms with van der Waals surface area (Å²) >= 11 is 3.61. The summed E-state index contributed by atoms with van der Waals surface area (Å²) in [7, 11) is 2.17. The second-order valence-electron chi connectivity index (χ2n) is 4.46. The molecule has 3 aromatic rings. The van der Waals surface area contributed by atoms with E-state index in [1.54, 1.807) is 22.7 Å². The van der Waals surface area contributed by atoms with Gasteiger partial charge in [-0.25, -0.2) is 0 Å². The molecule has 3 aromatic heterocycles. The van der Waals surface area contributed by atoms with Crippen molar-refractivity contribution >= 4 is 22.7 Å². The molecule has 0 atom stereocenters. The maximum absolute atomic E-state index is 2.34. The highest BCUT2D eigenvalue weighted by Crippen LogP contribution is 2.38. The summed E-state index contributed by atoms with van der Waals surface area (Å²) in [6, 6.07) is 8.63. The zero-order chi connectivity index (χ0) is 12.7. The monoisotopic (exact) mass is 273 g/mol. The molecule has 0 unspecified atom stereocenters. The molecule has 0 aliphatic heterocycles. The minimum atomic E-state index is 1.35. The van der Waals surface area contributed by atoms with Crippen LogP contribution in [-0.2, 0) is 7.05 Å². The van der Waals surface area contributed by atoms with Crippen LogP contribution in [0, 0.1) is 13.8 Å². The summed E-state index contributed by atoms with van der Waals surface area (Å²) in [6.45, 7) is 4.45. The lowest BCUT2D eigenvalue weighted by Gasteiger charge is -2.05. The molecule has 92 valence electrons. The topological polar surface area (TPSA) is 4.93 Å². The number of nitrogens with zero attached hydrogens (tertiary/aromatic N) is 1. The first-order valence-electron chi connectivity index (χ1n) is 5.93. The van der Waals surface area contributed by atoms with Crippen LogP contribution in [0.4, 0.5) is 0 Å². The third-order valence-electron chi connectivity index (χ3n) is 3.45. The van der Waals surface area contributed by atoms with Crippen molar-refractivity contribution in [1.82, 2.24) is 4.57 Å². The van der Waals surface area contributed by atoms with Gasteiger partial charge in [0, 0.05) is 7.05 Å². The number of aromatic nitrogens is 1. The lowest BCUT2D eigenvalue weighted by atomic mass is 10.1. The van der Waals surface area contributed by atoms with E-state index in [0.717, 1.165) is 0 Å². The maximum atomic E-state index is 2.34. The highest BCUT2D eigenvalue weighted by atomic mass is 32.1. The normalized spacial score (nSPS) is 11.1. The van der Waals surface area contributed by atoms with Crippen molar-refractivity contribution in [1.29, 1.82) is 0 Å². The van der Waals surface area contributed by atoms with Crippen molar-refractivity contribution < 1.29 is 0 Å². The van der Waals surface area contributed by atoms with E-state index >= 15 is 0 Å². The standard InChI is InChI=1S/C15H15NS2/c1-10-11(2)15(13-7-5-9-18-13)16(3)14(10)12-6-4-8-17-12/h4-9H,1-3H3. The fourth-order valence-corrected chi connectivity index (χ4v) is 4.22. The Hall–Kier alpha value is -1.32. The van der Waals surface area contributed by atoms with Gasteiger partial charge in [-0.05, 0) is 47.9 Å². The Morgan fingerprint density at radius 3 is 1.61 bits per heavy atom. The molecule has 3 rings (SSSR count). The predicted molar refractivity (Wildman–Crippen MR) is 81.5 cm³/mol. The summed E-state index contributed by atoms with van der Waals surface area (Å²) in [5, 5.41) is 4.28. The van der Waals surface area contributed by atoms with Crippen molar-refractivity contribution in [2.75, 3.05) is 0 Å². The van der Waals surface area contributed by atoms with Crippen molar-refractivity contribution in [3.8, 4) is 21.1 Å². The van der Waals surface area contributed by atoms with Gasteiger partial charge < -0.3 is 4.57 Å². The number of thiophene rings is 2. The van der Waals surface area contributed by atoms with E-state index < -0.39 is 0 Å². The lowest BCUT2D eigenvalue weighted by Crippen LogP contribution is -1.93. The summed E-state index contributed by atoms with van der Waals surface area (Å²) in [4.78, 5) is 2.70. The average molecular weight is 273 g/mol. The Labute approximate surface area is 115 Å². The zero-order valence-electron chi connectivity index (χ0n) is 10.7. The van der Waals surface area contributed by atoms with Crippen LogP contribution >= 0.6 is 22.7 Å². The SMILES string of the molecule is Cc1c(C)c(-c2cccs2)n(C)c1-c1cccs1. The van der Waals surface area contributed by atoms with Gasteiger partial charge in [0.15, 0.2) is 0 Å². The molecule has 0 saturated heterocycles. The molecule has 0 aliphatic carbocycles. The van der Waals surface area contributed by atoms with Gasteiger partial charge in [-0.2, -0.15) is 0 Å². The third-order valence-corrected chi connectivity index (χ3v) is 5.21. The van der Waals surface area contributed by atoms with Crippen molar-refractivity contribution in [3.05, 3.63) is 46.2 Å². The van der Waals surface area contributed by atoms with Crippen LogP contribution < -0.4 is 0 Å². The first-order chi connectivity index (χ1) is 8.70. The summed E-state index contributed by atoms with van der Waals surface area (Å²) in [6.07, 6.45) is 0. The van der Waals surface area contributed by atoms with Gasteiger partial charge in [0.2, 0.25) is 0 Å². The molecule has 3 heteroatoms. The van der Waals surface area contributed by atoms with Crippen molar-refractivity contribution in [3.63, 3.8) is 0 Å². The molecule has 1 nitrogen and oxygen atoms in total. The summed E-state index contributed by atoms with van der Waals surface area (Å²) < 4.78 is 2.34. The van der Waals surface area contributed by atoms with Gasteiger partial charge in [0.1, 0.15) is 0 Å². The minimum Gasteiger partial charge on any atom is -0.342 e. The van der Waals surface area contributed by atoms with Gasteiger partial charge in [-0.3, -0.25) is 0 Å². The Kier molecular flexibility index (Phi) is 2.88. The first-order valence-corrected chi connectivity index (χ1v) is 7.69. The van der Waals surface area contributed by atoms with E-state index in [1.165, 1.54) is 32.3 Å². The van der Waals surface area contributed by atoms with Gasteiger partial charge in [-0.1, -0.05) is 12.1 Å². The van der Waals surface area contributed by atoms with Crippen LogP contribution in [0.5, 0.6) is 0 Å². The molecule has 3 heterocycles. The van der Waals surface area contributed by atoms with Crippen LogP contribution in [0.15, 0.2) is 35.0 Å².